The van der Waals surface area contributed by atoms with Gasteiger partial charge in [0.2, 0.25) is 0 Å². The van der Waals surface area contributed by atoms with Crippen molar-refractivity contribution >= 4 is 0 Å². The lowest BCUT2D eigenvalue weighted by molar-refractivity contribution is 0.139. The van der Waals surface area contributed by atoms with Gasteiger partial charge < -0.3 is 9.84 Å². The zero-order chi connectivity index (χ0) is 14.6. The number of ether oxygens (including phenoxy) is 1. The molecule has 2 rings (SSSR count). The zero-order valence-electron chi connectivity index (χ0n) is 12.9. The quantitative estimate of drug-likeness (QED) is 0.898. The molecule has 1 heterocycles. The minimum absolute atomic E-state index is 0.183. The van der Waals surface area contributed by atoms with Crippen molar-refractivity contribution in [3.05, 3.63) is 29.8 Å². The maximum atomic E-state index is 9.28. The van der Waals surface area contributed by atoms with Gasteiger partial charge in [-0.25, -0.2) is 0 Å². The van der Waals surface area contributed by atoms with Crippen molar-refractivity contribution < 1.29 is 9.84 Å². The second-order valence-corrected chi connectivity index (χ2v) is 6.64. The summed E-state index contributed by atoms with van der Waals surface area (Å²) in [7, 11) is 0. The van der Waals surface area contributed by atoms with E-state index >= 15 is 0 Å². The summed E-state index contributed by atoms with van der Waals surface area (Å²) >= 11 is 0. The van der Waals surface area contributed by atoms with Crippen LogP contribution in [-0.2, 0) is 5.41 Å². The predicted molar refractivity (Wildman–Crippen MR) is 82.3 cm³/mol. The molecule has 1 aliphatic heterocycles. The minimum atomic E-state index is 0.183. The first-order valence-corrected chi connectivity index (χ1v) is 7.59. The van der Waals surface area contributed by atoms with Gasteiger partial charge in [0.15, 0.2) is 0 Å². The zero-order valence-corrected chi connectivity index (χ0v) is 12.9. The van der Waals surface area contributed by atoms with E-state index < -0.39 is 0 Å². The lowest BCUT2D eigenvalue weighted by Crippen LogP contribution is -2.35. The Labute approximate surface area is 122 Å². The van der Waals surface area contributed by atoms with Crippen molar-refractivity contribution in [1.29, 1.82) is 0 Å². The summed E-state index contributed by atoms with van der Waals surface area (Å²) < 4.78 is 5.81. The molecule has 0 unspecified atom stereocenters. The molecule has 1 aliphatic rings. The average Bonchev–Trinajstić information content (AvgIpc) is 2.86. The molecule has 3 heteroatoms. The number of hydrogen-bond donors (Lipinski definition) is 1. The van der Waals surface area contributed by atoms with Crippen molar-refractivity contribution in [2.45, 2.75) is 45.1 Å². The summed E-state index contributed by atoms with van der Waals surface area (Å²) in [5.41, 5.74) is 1.51. The molecule has 0 aliphatic carbocycles. The van der Waals surface area contributed by atoms with Crippen molar-refractivity contribution in [3.8, 4) is 5.75 Å². The van der Waals surface area contributed by atoms with Gasteiger partial charge >= 0.3 is 0 Å². The summed E-state index contributed by atoms with van der Waals surface area (Å²) in [4.78, 5) is 2.32. The van der Waals surface area contributed by atoms with E-state index in [0.717, 1.165) is 25.3 Å². The molecule has 3 nitrogen and oxygen atoms in total. The van der Waals surface area contributed by atoms with E-state index in [0.29, 0.717) is 12.6 Å². The van der Waals surface area contributed by atoms with Crippen LogP contribution in [0.25, 0.3) is 0 Å². The Balaban J connectivity index is 1.80. The third kappa shape index (κ3) is 3.97. The fraction of sp³-hybridized carbons (Fsp3) is 0.647. The third-order valence-electron chi connectivity index (χ3n) is 4.08. The highest BCUT2D eigenvalue weighted by atomic mass is 16.5. The fourth-order valence-corrected chi connectivity index (χ4v) is 2.73. The van der Waals surface area contributed by atoms with E-state index in [2.05, 4.69) is 37.8 Å². The molecule has 0 bridgehead atoms. The van der Waals surface area contributed by atoms with E-state index in [1.165, 1.54) is 12.0 Å². The highest BCUT2D eigenvalue weighted by Crippen LogP contribution is 2.24. The monoisotopic (exact) mass is 277 g/mol. The first-order valence-electron chi connectivity index (χ1n) is 7.59. The molecule has 0 aromatic heterocycles. The number of hydrogen-bond acceptors (Lipinski definition) is 3. The standard InChI is InChI=1S/C17H27NO2/c1-17(2,3)14-6-8-16(9-7-14)20-12-11-18-10-4-5-15(18)13-19/h6-9,15,19H,4-5,10-13H2,1-3H3/t15-/m1/s1. The van der Waals surface area contributed by atoms with Crippen LogP contribution in [-0.4, -0.2) is 42.4 Å². The number of nitrogens with zero attached hydrogens (tertiary/aromatic N) is 1. The van der Waals surface area contributed by atoms with Crippen LogP contribution in [0.1, 0.15) is 39.2 Å². The normalized spacial score (nSPS) is 20.3. The molecule has 1 aromatic carbocycles. The molecule has 112 valence electrons. The summed E-state index contributed by atoms with van der Waals surface area (Å²) in [5, 5.41) is 9.28. The molecule has 20 heavy (non-hydrogen) atoms. The van der Waals surface area contributed by atoms with Gasteiger partial charge in [0, 0.05) is 12.6 Å². The van der Waals surface area contributed by atoms with E-state index in [4.69, 9.17) is 4.74 Å². The van der Waals surface area contributed by atoms with Gasteiger partial charge in [-0.2, -0.15) is 0 Å². The number of likely N-dealkylation sites (tertiary alicyclic amines) is 1. The first-order chi connectivity index (χ1) is 9.50. The number of aliphatic hydroxyl groups excluding tert-OH is 1. The molecular weight excluding hydrogens is 250 g/mol. The Morgan fingerprint density at radius 3 is 2.55 bits per heavy atom. The summed E-state index contributed by atoms with van der Waals surface area (Å²) in [6.45, 7) is 9.57. The van der Waals surface area contributed by atoms with Crippen LogP contribution in [0.4, 0.5) is 0 Å². The molecule has 0 spiro atoms. The first kappa shape index (κ1) is 15.3. The summed E-state index contributed by atoms with van der Waals surface area (Å²) in [6, 6.07) is 8.72. The van der Waals surface area contributed by atoms with Gasteiger partial charge in [-0.05, 0) is 42.5 Å². The van der Waals surface area contributed by atoms with Crippen molar-refractivity contribution in [1.82, 2.24) is 4.90 Å². The number of benzene rings is 1. The maximum Gasteiger partial charge on any atom is 0.119 e. The molecule has 1 atom stereocenters. The Hall–Kier alpha value is -1.06. The Morgan fingerprint density at radius 2 is 1.95 bits per heavy atom. The van der Waals surface area contributed by atoms with Crippen LogP contribution in [0.3, 0.4) is 0 Å². The van der Waals surface area contributed by atoms with E-state index in [9.17, 15) is 5.11 Å². The van der Waals surface area contributed by atoms with Gasteiger partial charge in [0.05, 0.1) is 6.61 Å². The SMILES string of the molecule is CC(C)(C)c1ccc(OCCN2CCC[C@@H]2CO)cc1. The molecule has 0 radical (unpaired) electrons. The molecule has 1 aromatic rings. The molecule has 0 amide bonds. The topological polar surface area (TPSA) is 32.7 Å². The molecule has 1 fully saturated rings. The van der Waals surface area contributed by atoms with E-state index in [1.54, 1.807) is 0 Å². The smallest absolute Gasteiger partial charge is 0.119 e. The van der Waals surface area contributed by atoms with Crippen molar-refractivity contribution in [2.75, 3.05) is 26.3 Å². The molecule has 1 N–H and O–H groups in total. The summed E-state index contributed by atoms with van der Waals surface area (Å²) in [6.07, 6.45) is 2.29. The van der Waals surface area contributed by atoms with Crippen molar-refractivity contribution in [2.24, 2.45) is 0 Å². The van der Waals surface area contributed by atoms with Crippen LogP contribution >= 0.6 is 0 Å². The van der Waals surface area contributed by atoms with Gasteiger partial charge in [-0.15, -0.1) is 0 Å². The number of aliphatic hydroxyl groups is 1. The van der Waals surface area contributed by atoms with Crippen LogP contribution in [0.5, 0.6) is 5.75 Å². The fourth-order valence-electron chi connectivity index (χ4n) is 2.73. The highest BCUT2D eigenvalue weighted by molar-refractivity contribution is 5.31. The lowest BCUT2D eigenvalue weighted by Gasteiger charge is -2.22. The van der Waals surface area contributed by atoms with Crippen LogP contribution in [0.15, 0.2) is 24.3 Å². The minimum Gasteiger partial charge on any atom is -0.492 e. The molecular formula is C17H27NO2. The van der Waals surface area contributed by atoms with Crippen LogP contribution in [0, 0.1) is 0 Å². The predicted octanol–water partition coefficient (Wildman–Crippen LogP) is 2.82. The largest absolute Gasteiger partial charge is 0.492 e. The van der Waals surface area contributed by atoms with Gasteiger partial charge in [0.1, 0.15) is 12.4 Å². The van der Waals surface area contributed by atoms with Gasteiger partial charge in [-0.3, -0.25) is 4.90 Å². The Morgan fingerprint density at radius 1 is 1.25 bits per heavy atom. The maximum absolute atomic E-state index is 9.28. The average molecular weight is 277 g/mol. The van der Waals surface area contributed by atoms with E-state index in [-0.39, 0.29) is 12.0 Å². The molecule has 0 saturated carbocycles. The summed E-state index contributed by atoms with van der Waals surface area (Å²) in [5.74, 6) is 0.928. The highest BCUT2D eigenvalue weighted by Gasteiger charge is 2.23. The molecule has 1 saturated heterocycles. The second-order valence-electron chi connectivity index (χ2n) is 6.64. The Bertz CT molecular complexity index is 408. The second kappa shape index (κ2) is 6.59. The van der Waals surface area contributed by atoms with Gasteiger partial charge in [-0.1, -0.05) is 32.9 Å². The van der Waals surface area contributed by atoms with Crippen LogP contribution < -0.4 is 4.74 Å². The van der Waals surface area contributed by atoms with Gasteiger partial charge in [0.25, 0.3) is 0 Å². The third-order valence-corrected chi connectivity index (χ3v) is 4.08. The number of rotatable bonds is 5. The van der Waals surface area contributed by atoms with Crippen LogP contribution in [0.2, 0.25) is 0 Å². The Kier molecular flexibility index (Phi) is 5.06. The van der Waals surface area contributed by atoms with E-state index in [1.807, 2.05) is 12.1 Å². The van der Waals surface area contributed by atoms with Crippen molar-refractivity contribution in [3.63, 3.8) is 0 Å². The lowest BCUT2D eigenvalue weighted by atomic mass is 9.87.